The van der Waals surface area contributed by atoms with E-state index in [1.807, 2.05) is 111 Å². The minimum absolute atomic E-state index is 0.0118. The summed E-state index contributed by atoms with van der Waals surface area (Å²) in [7, 11) is -11.3. The lowest BCUT2D eigenvalue weighted by atomic mass is 10.1. The molecule has 0 unspecified atom stereocenters. The smallest absolute Gasteiger partial charge is 0.420 e. The molecule has 9 aromatic rings. The Morgan fingerprint density at radius 2 is 1.09 bits per heavy atom. The zero-order valence-electron chi connectivity index (χ0n) is 43.3. The molecule has 4 N–H and O–H groups in total. The largest absolute Gasteiger partial charge is 0.443 e. The number of anilines is 3. The topological polar surface area (TPSA) is 255 Å². The number of nitrogens with one attached hydrogen (secondary N) is 2. The maximum Gasteiger partial charge on any atom is 0.420 e. The van der Waals surface area contributed by atoms with Crippen LogP contribution in [0.15, 0.2) is 121 Å². The van der Waals surface area contributed by atoms with Gasteiger partial charge < -0.3 is 15.5 Å². The Morgan fingerprint density at radius 3 is 1.61 bits per heavy atom. The molecule has 80 heavy (non-hydrogen) atoms. The van der Waals surface area contributed by atoms with Gasteiger partial charge in [0.05, 0.1) is 35.2 Å². The normalized spacial score (nSPS) is 11.4. The number of hydrogen-bond acceptors (Lipinski definition) is 14. The van der Waals surface area contributed by atoms with E-state index in [0.29, 0.717) is 34.1 Å². The molecule has 9 rings (SSSR count). The van der Waals surface area contributed by atoms with Gasteiger partial charge in [0.2, 0.25) is 30.1 Å². The summed E-state index contributed by atoms with van der Waals surface area (Å²) in [5, 5.41) is 3.46. The minimum Gasteiger partial charge on any atom is -0.443 e. The average molecular weight is 1580 g/mol. The summed E-state index contributed by atoms with van der Waals surface area (Å²) in [6.45, 7) is 9.62. The van der Waals surface area contributed by atoms with Crippen LogP contribution in [0, 0.1) is 24.6 Å². The van der Waals surface area contributed by atoms with Crippen LogP contribution in [0.1, 0.15) is 31.9 Å². The van der Waals surface area contributed by atoms with Crippen molar-refractivity contribution in [2.45, 2.75) is 40.2 Å². The second-order valence-corrected chi connectivity index (χ2v) is 28.8. The number of carbonyl (C=O) groups excluding carboxylic acids is 1. The number of aromatic nitrogens is 7. The minimum atomic E-state index is -4.00. The first-order valence-electron chi connectivity index (χ1n) is 22.7. The quantitative estimate of drug-likeness (QED) is 0.0991. The van der Waals surface area contributed by atoms with E-state index in [-0.39, 0.29) is 25.7 Å². The van der Waals surface area contributed by atoms with E-state index in [0.717, 1.165) is 61.3 Å². The summed E-state index contributed by atoms with van der Waals surface area (Å²) in [5.74, 6) is 0.529. The Kier molecular flexibility index (Phi) is 23.5. The molecule has 0 bridgehead atoms. The van der Waals surface area contributed by atoms with Crippen LogP contribution in [0.3, 0.4) is 0 Å². The van der Waals surface area contributed by atoms with Crippen molar-refractivity contribution in [3.63, 3.8) is 0 Å². The third-order valence-corrected chi connectivity index (χ3v) is 17.4. The lowest BCUT2D eigenvalue weighted by Gasteiger charge is -2.21. The molecule has 18 nitrogen and oxygen atoms in total. The molecule has 2 aromatic carbocycles. The highest BCUT2D eigenvalue weighted by atomic mass is 127. The molecule has 7 heterocycles. The molecule has 0 atom stereocenters. The molecule has 0 saturated carbocycles. The first kappa shape index (κ1) is 66.4. The van der Waals surface area contributed by atoms with Crippen LogP contribution in [-0.2, 0) is 34.8 Å². The molecule has 29 heteroatoms. The van der Waals surface area contributed by atoms with Gasteiger partial charge in [0, 0.05) is 27.6 Å². The van der Waals surface area contributed by atoms with Crippen molar-refractivity contribution in [3.05, 3.63) is 169 Å². The number of H-pyrrole nitrogens is 1. The highest BCUT2D eigenvalue weighted by molar-refractivity contribution is 14.1. The van der Waals surface area contributed by atoms with E-state index in [4.69, 9.17) is 68.5 Å². The highest BCUT2D eigenvalue weighted by Crippen LogP contribution is 2.32. The molecule has 0 aliphatic rings. The van der Waals surface area contributed by atoms with E-state index in [2.05, 4.69) is 82.3 Å². The van der Waals surface area contributed by atoms with Crippen LogP contribution in [0.2, 0.25) is 25.8 Å². The summed E-state index contributed by atoms with van der Waals surface area (Å²) < 4.78 is 79.3. The third-order valence-electron chi connectivity index (χ3n) is 10.00. The molecule has 0 saturated heterocycles. The van der Waals surface area contributed by atoms with Gasteiger partial charge in [0.25, 0.3) is 0 Å². The molecule has 0 radical (unpaired) electrons. The maximum absolute atomic E-state index is 12.8. The van der Waals surface area contributed by atoms with Crippen molar-refractivity contribution in [1.82, 2.24) is 34.5 Å². The van der Waals surface area contributed by atoms with Gasteiger partial charge >= 0.3 is 6.09 Å². The van der Waals surface area contributed by atoms with Gasteiger partial charge in [-0.15, -0.1) is 3.71 Å². The standard InChI is InChI=1S/C19H19ClN2O2.C14H11ClN2.C7H8ClIN2O4S2.C6H6ClIN2O2S.C5H4ClIN2/c1-12-7-5-6-8-14(12)15-11-13-9-10-16(20)21-17(13)22(15)18(23)24-19(2,3)4;1-9-4-2-3-5-11(9)12-8-10-6-7-13(15)17-14(10)16-12;1-16(12,13)11(17(2,14)15)7-5(9)3-4-6(8)10-7;1-13(11,12)10-6-4(8)2-3-5(7)9-6;6-4-2-1-3(7)5(8)9-4/h5-11H,1-4H3;2-8H,1H3,(H,16,17);3-4H,1-2H3;2-3H,1H3,(H,9,10);1-2H,(H2,8,9). The van der Waals surface area contributed by atoms with Gasteiger partial charge in [-0.3, -0.25) is 4.72 Å². The zero-order valence-corrected chi connectivity index (χ0v) is 56.0. The number of nitrogen functional groups attached to an aromatic ring is 1. The number of fused-ring (bicyclic) bond motifs is 2. The molecule has 0 aliphatic carbocycles. The average Bonchev–Trinajstić information content (AvgIpc) is 3.96. The van der Waals surface area contributed by atoms with Crippen LogP contribution in [-0.4, -0.2) is 90.2 Å². The van der Waals surface area contributed by atoms with Crippen molar-refractivity contribution in [2.24, 2.45) is 0 Å². The van der Waals surface area contributed by atoms with Crippen LogP contribution in [0.5, 0.6) is 0 Å². The molecule has 0 aliphatic heterocycles. The molecule has 0 amide bonds. The first-order chi connectivity index (χ1) is 37.1. The van der Waals surface area contributed by atoms with E-state index in [1.165, 1.54) is 27.8 Å². The van der Waals surface area contributed by atoms with Crippen molar-refractivity contribution < 1.29 is 34.8 Å². The Labute approximate surface area is 529 Å². The van der Waals surface area contributed by atoms with E-state index in [1.54, 1.807) is 52.9 Å². The molecule has 0 spiro atoms. The lowest BCUT2D eigenvalue weighted by molar-refractivity contribution is 0.0546. The van der Waals surface area contributed by atoms with Gasteiger partial charge in [0.1, 0.15) is 42.8 Å². The van der Waals surface area contributed by atoms with E-state index in [9.17, 15) is 30.0 Å². The van der Waals surface area contributed by atoms with Gasteiger partial charge in [-0.1, -0.05) is 107 Å². The summed E-state index contributed by atoms with van der Waals surface area (Å²) in [5.41, 5.74) is 12.4. The van der Waals surface area contributed by atoms with Crippen molar-refractivity contribution in [2.75, 3.05) is 32.9 Å². The number of nitrogens with zero attached hydrogens (tertiary/aromatic N) is 7. The van der Waals surface area contributed by atoms with Gasteiger partial charge in [-0.05, 0) is 186 Å². The molecular formula is C51H48Cl5I3N10O8S3. The number of rotatable bonds is 7. The fourth-order valence-electron chi connectivity index (χ4n) is 6.80. The Balaban J connectivity index is 0.000000190. The summed E-state index contributed by atoms with van der Waals surface area (Å²) >= 11 is 34.5. The second kappa shape index (κ2) is 28.3. The number of carbonyl (C=O) groups is 1. The summed E-state index contributed by atoms with van der Waals surface area (Å²) in [4.78, 5) is 36.1. The van der Waals surface area contributed by atoms with Crippen molar-refractivity contribution in [3.8, 4) is 22.5 Å². The highest BCUT2D eigenvalue weighted by Gasteiger charge is 2.31. The first-order valence-corrected chi connectivity index (χ1v) is 33.4. The predicted molar refractivity (Wildman–Crippen MR) is 349 cm³/mol. The monoisotopic (exact) mass is 1580 g/mol. The molecule has 7 aromatic heterocycles. The number of hydrogen-bond donors (Lipinski definition) is 3. The van der Waals surface area contributed by atoms with E-state index >= 15 is 0 Å². The number of aromatic amines is 1. The number of pyridine rings is 5. The lowest BCUT2D eigenvalue weighted by Crippen LogP contribution is -2.36. The van der Waals surface area contributed by atoms with Crippen LogP contribution in [0.4, 0.5) is 22.2 Å². The second-order valence-electron chi connectivity index (χ2n) is 17.8. The fourth-order valence-corrected chi connectivity index (χ4v) is 12.7. The van der Waals surface area contributed by atoms with Crippen molar-refractivity contribution >= 4 is 201 Å². The number of sulfonamides is 3. The van der Waals surface area contributed by atoms with Gasteiger partial charge in [0.15, 0.2) is 17.3 Å². The number of aryl methyl sites for hydroxylation is 2. The maximum atomic E-state index is 12.8. The van der Waals surface area contributed by atoms with Gasteiger partial charge in [-0.2, -0.15) is 0 Å². The number of ether oxygens (including phenoxy) is 1. The summed E-state index contributed by atoms with van der Waals surface area (Å²) in [6, 6.07) is 37.3. The van der Waals surface area contributed by atoms with Gasteiger partial charge in [-0.25, -0.2) is 59.5 Å². The molecular weight excluding hydrogens is 1530 g/mol. The summed E-state index contributed by atoms with van der Waals surface area (Å²) in [6.07, 6.45) is 2.16. The van der Waals surface area contributed by atoms with Crippen LogP contribution < -0.4 is 14.2 Å². The fraction of sp³-hybridized carbons (Fsp3) is 0.176. The van der Waals surface area contributed by atoms with E-state index < -0.39 is 41.8 Å². The Bertz CT molecular complexity index is 4050. The third kappa shape index (κ3) is 19.6. The zero-order chi connectivity index (χ0) is 59.7. The van der Waals surface area contributed by atoms with Crippen LogP contribution >= 0.6 is 126 Å². The Hall–Kier alpha value is -4.37. The van der Waals surface area contributed by atoms with Crippen LogP contribution in [0.25, 0.3) is 44.6 Å². The number of halogens is 8. The SMILES string of the molecule is CS(=O)(=O)N(c1nc(Cl)ccc1I)S(C)(=O)=O.CS(=O)(=O)Nc1nc(Cl)ccc1I.Cc1ccccc1-c1cc2ccc(Cl)nc2[nH]1.Cc1ccccc1-c1cc2ccc(Cl)nc2n1C(=O)OC(C)(C)C.Nc1nc(Cl)ccc1I. The number of benzene rings is 2. The molecule has 424 valence electrons. The molecule has 0 fully saturated rings. The number of nitrogens with two attached hydrogens (primary N) is 1. The van der Waals surface area contributed by atoms with Crippen molar-refractivity contribution in [1.29, 1.82) is 0 Å². The predicted octanol–water partition coefficient (Wildman–Crippen LogP) is 14.3. The Morgan fingerprint density at radius 1 is 0.613 bits per heavy atom.